The quantitative estimate of drug-likeness (QED) is 0.873. The SMILES string of the molecule is CC(NCc1ccccc1F)c1cccnc1. The molecule has 0 radical (unpaired) electrons. The smallest absolute Gasteiger partial charge is 0.127 e. The van der Waals surface area contributed by atoms with Crippen molar-refractivity contribution in [1.29, 1.82) is 0 Å². The Morgan fingerprint density at radius 1 is 1.24 bits per heavy atom. The number of hydrogen-bond acceptors (Lipinski definition) is 2. The van der Waals surface area contributed by atoms with Gasteiger partial charge >= 0.3 is 0 Å². The van der Waals surface area contributed by atoms with E-state index in [0.717, 1.165) is 5.56 Å². The summed E-state index contributed by atoms with van der Waals surface area (Å²) in [6, 6.07) is 10.9. The Labute approximate surface area is 101 Å². The fraction of sp³-hybridized carbons (Fsp3) is 0.214. The second-order valence-electron chi connectivity index (χ2n) is 3.98. The molecule has 1 aromatic carbocycles. The van der Waals surface area contributed by atoms with E-state index in [1.54, 1.807) is 18.3 Å². The minimum Gasteiger partial charge on any atom is -0.306 e. The summed E-state index contributed by atoms with van der Waals surface area (Å²) in [4.78, 5) is 4.06. The summed E-state index contributed by atoms with van der Waals surface area (Å²) in [5, 5.41) is 3.28. The Morgan fingerprint density at radius 2 is 2.06 bits per heavy atom. The fourth-order valence-corrected chi connectivity index (χ4v) is 1.65. The summed E-state index contributed by atoms with van der Waals surface area (Å²) in [6.45, 7) is 2.56. The molecule has 0 aliphatic carbocycles. The monoisotopic (exact) mass is 230 g/mol. The molecule has 2 aromatic rings. The maximum atomic E-state index is 13.4. The Balaban J connectivity index is 1.97. The molecule has 2 rings (SSSR count). The summed E-state index contributed by atoms with van der Waals surface area (Å²) in [7, 11) is 0. The Kier molecular flexibility index (Phi) is 3.83. The molecular formula is C14H15FN2. The first kappa shape index (κ1) is 11.7. The van der Waals surface area contributed by atoms with Crippen LogP contribution in [0.15, 0.2) is 48.8 Å². The lowest BCUT2D eigenvalue weighted by atomic mass is 10.1. The van der Waals surface area contributed by atoms with Crippen molar-refractivity contribution >= 4 is 0 Å². The summed E-state index contributed by atoms with van der Waals surface area (Å²) < 4.78 is 13.4. The molecular weight excluding hydrogens is 215 g/mol. The van der Waals surface area contributed by atoms with Gasteiger partial charge in [0.2, 0.25) is 0 Å². The van der Waals surface area contributed by atoms with Crippen LogP contribution in [-0.2, 0) is 6.54 Å². The van der Waals surface area contributed by atoms with E-state index in [1.807, 2.05) is 31.3 Å². The number of benzene rings is 1. The van der Waals surface area contributed by atoms with Gasteiger partial charge < -0.3 is 5.32 Å². The molecule has 0 bridgehead atoms. The highest BCUT2D eigenvalue weighted by Gasteiger charge is 2.06. The Morgan fingerprint density at radius 3 is 2.76 bits per heavy atom. The third-order valence-corrected chi connectivity index (χ3v) is 2.74. The molecule has 2 nitrogen and oxygen atoms in total. The van der Waals surface area contributed by atoms with Crippen molar-refractivity contribution in [3.05, 3.63) is 65.7 Å². The molecule has 1 N–H and O–H groups in total. The van der Waals surface area contributed by atoms with E-state index in [-0.39, 0.29) is 11.9 Å². The van der Waals surface area contributed by atoms with Gasteiger partial charge in [-0.15, -0.1) is 0 Å². The number of aromatic nitrogens is 1. The average Bonchev–Trinajstić information content (AvgIpc) is 2.38. The second kappa shape index (κ2) is 5.55. The molecule has 1 heterocycles. The summed E-state index contributed by atoms with van der Waals surface area (Å²) >= 11 is 0. The molecule has 1 atom stereocenters. The van der Waals surface area contributed by atoms with Gasteiger partial charge in [0.1, 0.15) is 5.82 Å². The molecule has 0 saturated heterocycles. The minimum absolute atomic E-state index is 0.156. The van der Waals surface area contributed by atoms with Gasteiger partial charge in [0.05, 0.1) is 0 Å². The van der Waals surface area contributed by atoms with Gasteiger partial charge in [0.15, 0.2) is 0 Å². The first-order chi connectivity index (χ1) is 8.27. The Bertz CT molecular complexity index is 471. The molecule has 0 saturated carbocycles. The third kappa shape index (κ3) is 3.11. The van der Waals surface area contributed by atoms with Gasteiger partial charge in [-0.1, -0.05) is 24.3 Å². The van der Waals surface area contributed by atoms with Crippen LogP contribution in [0.25, 0.3) is 0 Å². The topological polar surface area (TPSA) is 24.9 Å². The van der Waals surface area contributed by atoms with Gasteiger partial charge in [-0.05, 0) is 24.6 Å². The minimum atomic E-state index is -0.168. The van der Waals surface area contributed by atoms with Crippen LogP contribution < -0.4 is 5.32 Å². The van der Waals surface area contributed by atoms with Gasteiger partial charge in [-0.3, -0.25) is 4.98 Å². The van der Waals surface area contributed by atoms with Crippen LogP contribution in [0.2, 0.25) is 0 Å². The zero-order valence-corrected chi connectivity index (χ0v) is 9.73. The highest BCUT2D eigenvalue weighted by molar-refractivity contribution is 5.18. The lowest BCUT2D eigenvalue weighted by Crippen LogP contribution is -2.18. The largest absolute Gasteiger partial charge is 0.306 e. The van der Waals surface area contributed by atoms with Crippen LogP contribution in [0.5, 0.6) is 0 Å². The highest BCUT2D eigenvalue weighted by atomic mass is 19.1. The summed E-state index contributed by atoms with van der Waals surface area (Å²) in [6.07, 6.45) is 3.56. The molecule has 0 fully saturated rings. The van der Waals surface area contributed by atoms with Gasteiger partial charge in [0, 0.05) is 30.5 Å². The number of pyridine rings is 1. The first-order valence-corrected chi connectivity index (χ1v) is 5.64. The van der Waals surface area contributed by atoms with E-state index >= 15 is 0 Å². The number of nitrogens with zero attached hydrogens (tertiary/aromatic N) is 1. The zero-order valence-electron chi connectivity index (χ0n) is 9.73. The van der Waals surface area contributed by atoms with Crippen LogP contribution in [-0.4, -0.2) is 4.98 Å². The molecule has 88 valence electrons. The van der Waals surface area contributed by atoms with E-state index in [0.29, 0.717) is 12.1 Å². The molecule has 0 aliphatic heterocycles. The van der Waals surface area contributed by atoms with Crippen LogP contribution in [0.4, 0.5) is 4.39 Å². The maximum Gasteiger partial charge on any atom is 0.127 e. The van der Waals surface area contributed by atoms with Crippen molar-refractivity contribution in [2.24, 2.45) is 0 Å². The second-order valence-corrected chi connectivity index (χ2v) is 3.98. The van der Waals surface area contributed by atoms with E-state index in [1.165, 1.54) is 6.07 Å². The van der Waals surface area contributed by atoms with Crippen LogP contribution in [0.1, 0.15) is 24.1 Å². The molecule has 0 spiro atoms. The standard InChI is InChI=1S/C14H15FN2/c1-11(12-6-4-8-16-9-12)17-10-13-5-2-3-7-14(13)15/h2-9,11,17H,10H2,1H3. The van der Waals surface area contributed by atoms with Crippen molar-refractivity contribution < 1.29 is 4.39 Å². The molecule has 0 amide bonds. The maximum absolute atomic E-state index is 13.4. The first-order valence-electron chi connectivity index (χ1n) is 5.64. The predicted octanol–water partition coefficient (Wildman–Crippen LogP) is 3.07. The van der Waals surface area contributed by atoms with Crippen molar-refractivity contribution in [2.75, 3.05) is 0 Å². The summed E-state index contributed by atoms with van der Waals surface area (Å²) in [5.41, 5.74) is 1.78. The molecule has 3 heteroatoms. The summed E-state index contributed by atoms with van der Waals surface area (Å²) in [5.74, 6) is -0.168. The molecule has 17 heavy (non-hydrogen) atoms. The van der Waals surface area contributed by atoms with E-state index in [9.17, 15) is 4.39 Å². The molecule has 1 unspecified atom stereocenters. The number of nitrogens with one attached hydrogen (secondary N) is 1. The van der Waals surface area contributed by atoms with Crippen LogP contribution in [0, 0.1) is 5.82 Å². The van der Waals surface area contributed by atoms with Gasteiger partial charge in [0.25, 0.3) is 0 Å². The van der Waals surface area contributed by atoms with Crippen molar-refractivity contribution in [3.8, 4) is 0 Å². The van der Waals surface area contributed by atoms with E-state index < -0.39 is 0 Å². The third-order valence-electron chi connectivity index (χ3n) is 2.74. The zero-order chi connectivity index (χ0) is 12.1. The van der Waals surface area contributed by atoms with Crippen LogP contribution in [0.3, 0.4) is 0 Å². The van der Waals surface area contributed by atoms with Crippen molar-refractivity contribution in [2.45, 2.75) is 19.5 Å². The van der Waals surface area contributed by atoms with E-state index in [2.05, 4.69) is 10.3 Å². The fourth-order valence-electron chi connectivity index (χ4n) is 1.65. The van der Waals surface area contributed by atoms with Crippen molar-refractivity contribution in [3.63, 3.8) is 0 Å². The van der Waals surface area contributed by atoms with Gasteiger partial charge in [-0.25, -0.2) is 4.39 Å². The molecule has 0 aliphatic rings. The Hall–Kier alpha value is -1.74. The van der Waals surface area contributed by atoms with Crippen molar-refractivity contribution in [1.82, 2.24) is 10.3 Å². The lowest BCUT2D eigenvalue weighted by Gasteiger charge is -2.14. The normalized spacial score (nSPS) is 12.4. The number of halogens is 1. The van der Waals surface area contributed by atoms with Crippen LogP contribution >= 0.6 is 0 Å². The van der Waals surface area contributed by atoms with Gasteiger partial charge in [-0.2, -0.15) is 0 Å². The average molecular weight is 230 g/mol. The number of rotatable bonds is 4. The van der Waals surface area contributed by atoms with E-state index in [4.69, 9.17) is 0 Å². The highest BCUT2D eigenvalue weighted by Crippen LogP contribution is 2.12. The lowest BCUT2D eigenvalue weighted by molar-refractivity contribution is 0.543. The number of hydrogen-bond donors (Lipinski definition) is 1. The molecule has 1 aromatic heterocycles. The predicted molar refractivity (Wildman–Crippen MR) is 65.9 cm³/mol.